The van der Waals surface area contributed by atoms with Crippen LogP contribution in [0, 0.1) is 5.82 Å². The third-order valence-electron chi connectivity index (χ3n) is 2.34. The second-order valence-electron chi connectivity index (χ2n) is 3.93. The molecule has 0 fully saturated rings. The molecule has 0 atom stereocenters. The maximum absolute atomic E-state index is 13.0. The summed E-state index contributed by atoms with van der Waals surface area (Å²) in [6.07, 6.45) is 1.04. The largest absolute Gasteiger partial charge is 0.406 e. The number of nitrogens with zero attached hydrogens (tertiary/aromatic N) is 2. The van der Waals surface area contributed by atoms with Crippen LogP contribution in [0.4, 0.5) is 16.1 Å². The Hall–Kier alpha value is -1.66. The summed E-state index contributed by atoms with van der Waals surface area (Å²) in [7, 11) is 0. The second kappa shape index (κ2) is 6.49. The van der Waals surface area contributed by atoms with Crippen LogP contribution in [0.15, 0.2) is 22.6 Å². The molecule has 0 bridgehead atoms. The molecule has 2 aromatic rings. The monoisotopic (exact) mass is 284 g/mol. The fraction of sp³-hybridized carbons (Fsp3) is 0.333. The van der Waals surface area contributed by atoms with E-state index in [0.717, 1.165) is 13.0 Å². The molecule has 0 amide bonds. The Balaban J connectivity index is 1.97. The molecule has 1 aromatic heterocycles. The van der Waals surface area contributed by atoms with Gasteiger partial charge in [-0.25, -0.2) is 4.39 Å². The highest BCUT2D eigenvalue weighted by molar-refractivity contribution is 6.31. The molecule has 102 valence electrons. The van der Waals surface area contributed by atoms with Crippen LogP contribution in [0.3, 0.4) is 0 Å². The lowest BCUT2D eigenvalue weighted by Gasteiger charge is -2.02. The van der Waals surface area contributed by atoms with Crippen molar-refractivity contribution in [3.63, 3.8) is 0 Å². The van der Waals surface area contributed by atoms with E-state index in [0.29, 0.717) is 18.1 Å². The quantitative estimate of drug-likeness (QED) is 0.798. The molecule has 7 heteroatoms. The molecule has 1 heterocycles. The van der Waals surface area contributed by atoms with Crippen molar-refractivity contribution in [1.29, 1.82) is 0 Å². The lowest BCUT2D eigenvalue weighted by Crippen LogP contribution is -2.13. The van der Waals surface area contributed by atoms with Crippen molar-refractivity contribution in [3.05, 3.63) is 34.9 Å². The third kappa shape index (κ3) is 3.90. The molecular weight excluding hydrogens is 271 g/mol. The molecule has 0 saturated heterocycles. The SMILES string of the molecule is CCCNCc1nnc(Nc2ccc(F)c(Cl)c2)o1. The maximum atomic E-state index is 13.0. The van der Waals surface area contributed by atoms with E-state index in [4.69, 9.17) is 16.0 Å². The van der Waals surface area contributed by atoms with Crippen molar-refractivity contribution in [2.75, 3.05) is 11.9 Å². The van der Waals surface area contributed by atoms with Crippen LogP contribution in [-0.4, -0.2) is 16.7 Å². The van der Waals surface area contributed by atoms with Gasteiger partial charge in [-0.15, -0.1) is 5.10 Å². The highest BCUT2D eigenvalue weighted by Gasteiger charge is 2.07. The standard InChI is InChI=1S/C12H14ClFN4O/c1-2-5-15-7-11-17-18-12(19-11)16-8-3-4-10(14)9(13)6-8/h3-4,6,15H,2,5,7H2,1H3,(H,16,18). The molecule has 0 spiro atoms. The van der Waals surface area contributed by atoms with Gasteiger partial charge >= 0.3 is 6.01 Å². The van der Waals surface area contributed by atoms with E-state index in [1.165, 1.54) is 12.1 Å². The van der Waals surface area contributed by atoms with Gasteiger partial charge in [-0.2, -0.15) is 0 Å². The van der Waals surface area contributed by atoms with Crippen molar-refractivity contribution >= 4 is 23.3 Å². The van der Waals surface area contributed by atoms with Gasteiger partial charge in [-0.05, 0) is 31.2 Å². The highest BCUT2D eigenvalue weighted by atomic mass is 35.5. The Labute approximate surface area is 115 Å². The van der Waals surface area contributed by atoms with Gasteiger partial charge in [0.1, 0.15) is 5.82 Å². The Kier molecular flexibility index (Phi) is 4.70. The van der Waals surface area contributed by atoms with Crippen LogP contribution in [0.2, 0.25) is 5.02 Å². The zero-order chi connectivity index (χ0) is 13.7. The number of halogens is 2. The van der Waals surface area contributed by atoms with Crippen molar-refractivity contribution in [3.8, 4) is 0 Å². The van der Waals surface area contributed by atoms with E-state index in [9.17, 15) is 4.39 Å². The van der Waals surface area contributed by atoms with Gasteiger partial charge in [0.05, 0.1) is 11.6 Å². The number of nitrogens with one attached hydrogen (secondary N) is 2. The minimum Gasteiger partial charge on any atom is -0.406 e. The number of anilines is 2. The van der Waals surface area contributed by atoms with Gasteiger partial charge in [-0.3, -0.25) is 0 Å². The molecule has 0 saturated carbocycles. The maximum Gasteiger partial charge on any atom is 0.320 e. The first-order chi connectivity index (χ1) is 9.19. The molecule has 0 unspecified atom stereocenters. The smallest absolute Gasteiger partial charge is 0.320 e. The normalized spacial score (nSPS) is 10.7. The van der Waals surface area contributed by atoms with E-state index >= 15 is 0 Å². The van der Waals surface area contributed by atoms with Crippen LogP contribution in [0.5, 0.6) is 0 Å². The lowest BCUT2D eigenvalue weighted by molar-refractivity contribution is 0.479. The third-order valence-corrected chi connectivity index (χ3v) is 2.63. The Morgan fingerprint density at radius 1 is 1.37 bits per heavy atom. The predicted molar refractivity (Wildman–Crippen MR) is 71.0 cm³/mol. The number of hydrogen-bond acceptors (Lipinski definition) is 5. The van der Waals surface area contributed by atoms with Crippen LogP contribution in [-0.2, 0) is 6.54 Å². The lowest BCUT2D eigenvalue weighted by atomic mass is 10.3. The summed E-state index contributed by atoms with van der Waals surface area (Å²) in [5, 5.41) is 13.8. The second-order valence-corrected chi connectivity index (χ2v) is 4.34. The van der Waals surface area contributed by atoms with Crippen molar-refractivity contribution < 1.29 is 8.81 Å². The summed E-state index contributed by atoms with van der Waals surface area (Å²) in [6.45, 7) is 3.48. The van der Waals surface area contributed by atoms with E-state index in [-0.39, 0.29) is 11.0 Å². The first-order valence-electron chi connectivity index (χ1n) is 5.94. The summed E-state index contributed by atoms with van der Waals surface area (Å²) in [5.41, 5.74) is 0.586. The molecule has 1 aromatic carbocycles. The Morgan fingerprint density at radius 3 is 2.95 bits per heavy atom. The topological polar surface area (TPSA) is 63.0 Å². The Morgan fingerprint density at radius 2 is 2.21 bits per heavy atom. The van der Waals surface area contributed by atoms with Gasteiger partial charge in [-0.1, -0.05) is 23.6 Å². The van der Waals surface area contributed by atoms with Crippen molar-refractivity contribution in [1.82, 2.24) is 15.5 Å². The fourth-order valence-corrected chi connectivity index (χ4v) is 1.63. The molecule has 19 heavy (non-hydrogen) atoms. The Bertz CT molecular complexity index is 546. The predicted octanol–water partition coefficient (Wildman–Crippen LogP) is 3.11. The minimum atomic E-state index is -0.470. The van der Waals surface area contributed by atoms with Gasteiger partial charge in [0.2, 0.25) is 5.89 Å². The molecule has 5 nitrogen and oxygen atoms in total. The molecular formula is C12H14ClFN4O. The number of aromatic nitrogens is 2. The summed E-state index contributed by atoms with van der Waals surface area (Å²) in [6, 6.07) is 4.51. The number of benzene rings is 1. The minimum absolute atomic E-state index is 0.0364. The van der Waals surface area contributed by atoms with Crippen LogP contribution >= 0.6 is 11.6 Å². The molecule has 0 aliphatic carbocycles. The van der Waals surface area contributed by atoms with Crippen LogP contribution in [0.1, 0.15) is 19.2 Å². The number of hydrogen-bond donors (Lipinski definition) is 2. The zero-order valence-electron chi connectivity index (χ0n) is 10.4. The van der Waals surface area contributed by atoms with Gasteiger partial charge in [0.15, 0.2) is 0 Å². The van der Waals surface area contributed by atoms with E-state index in [1.54, 1.807) is 6.07 Å². The average molecular weight is 285 g/mol. The highest BCUT2D eigenvalue weighted by Crippen LogP contribution is 2.22. The summed E-state index contributed by atoms with van der Waals surface area (Å²) in [5.74, 6) is 0.0198. The van der Waals surface area contributed by atoms with Gasteiger partial charge in [0.25, 0.3) is 0 Å². The summed E-state index contributed by atoms with van der Waals surface area (Å²) in [4.78, 5) is 0. The average Bonchev–Trinajstić information content (AvgIpc) is 2.82. The van der Waals surface area contributed by atoms with E-state index in [1.807, 2.05) is 0 Å². The molecule has 2 rings (SSSR count). The molecule has 0 radical (unpaired) electrons. The molecule has 0 aliphatic heterocycles. The first-order valence-corrected chi connectivity index (χ1v) is 6.32. The van der Waals surface area contributed by atoms with Gasteiger partial charge in [0, 0.05) is 5.69 Å². The zero-order valence-corrected chi connectivity index (χ0v) is 11.2. The summed E-state index contributed by atoms with van der Waals surface area (Å²) < 4.78 is 18.4. The van der Waals surface area contributed by atoms with Crippen molar-refractivity contribution in [2.45, 2.75) is 19.9 Å². The van der Waals surface area contributed by atoms with Gasteiger partial charge < -0.3 is 15.1 Å². The fourth-order valence-electron chi connectivity index (χ4n) is 1.45. The van der Waals surface area contributed by atoms with E-state index < -0.39 is 5.82 Å². The van der Waals surface area contributed by atoms with Crippen LogP contribution in [0.25, 0.3) is 0 Å². The summed E-state index contributed by atoms with van der Waals surface area (Å²) >= 11 is 5.68. The first kappa shape index (κ1) is 13.8. The van der Waals surface area contributed by atoms with Crippen LogP contribution < -0.4 is 10.6 Å². The number of rotatable bonds is 6. The molecule has 2 N–H and O–H groups in total. The van der Waals surface area contributed by atoms with E-state index in [2.05, 4.69) is 27.8 Å². The molecule has 0 aliphatic rings. The van der Waals surface area contributed by atoms with Crippen molar-refractivity contribution in [2.24, 2.45) is 0 Å².